The maximum Gasteiger partial charge on any atom is 0.276 e. The molecule has 0 heterocycles. The molecule has 0 aliphatic rings. The van der Waals surface area contributed by atoms with Crippen molar-refractivity contribution in [1.82, 2.24) is 9.66 Å². The Labute approximate surface area is 226 Å². The Hall–Kier alpha value is -3.50. The third-order valence-corrected chi connectivity index (χ3v) is 8.28. The largest absolute Gasteiger partial charge is 0.276 e. The molecule has 2 N–H and O–H groups in total. The number of hydrazone groups is 2. The van der Waals surface area contributed by atoms with Crippen molar-refractivity contribution in [3.63, 3.8) is 0 Å². The zero-order chi connectivity index (χ0) is 27.6. The number of benzene rings is 3. The van der Waals surface area contributed by atoms with Crippen molar-refractivity contribution in [3.8, 4) is 0 Å². The first-order valence-corrected chi connectivity index (χ1v) is 15.5. The molecule has 0 radical (unpaired) electrons. The van der Waals surface area contributed by atoms with Gasteiger partial charge in [-0.1, -0.05) is 91.9 Å². The van der Waals surface area contributed by atoms with E-state index in [-0.39, 0.29) is 15.5 Å². The smallest absolute Gasteiger partial charge is 0.200 e. The molecule has 0 spiro atoms. The number of hydrogen-bond acceptors (Lipinski definition) is 6. The van der Waals surface area contributed by atoms with Gasteiger partial charge in [0.15, 0.2) is 0 Å². The van der Waals surface area contributed by atoms with Crippen LogP contribution in [0, 0.1) is 13.8 Å². The number of rotatable bonds is 13. The third kappa shape index (κ3) is 8.26. The summed E-state index contributed by atoms with van der Waals surface area (Å²) in [5.41, 5.74) is 3.03. The molecule has 0 aliphatic heterocycles. The van der Waals surface area contributed by atoms with Gasteiger partial charge >= 0.3 is 0 Å². The lowest BCUT2D eigenvalue weighted by Gasteiger charge is -2.13. The number of sulfonamides is 2. The number of hydrogen-bond donors (Lipinski definition) is 2. The van der Waals surface area contributed by atoms with Crippen LogP contribution in [0.4, 0.5) is 0 Å². The average molecular weight is 555 g/mol. The van der Waals surface area contributed by atoms with Crippen LogP contribution in [0.2, 0.25) is 0 Å². The SMILES string of the molecule is CCCCCCC(=N/NS(=O)(=O)c1ccc(C)cc1)/C(=N/NS(=O)(=O)c1ccc(C)cc1)c1ccccc1. The quantitative estimate of drug-likeness (QED) is 0.170. The van der Waals surface area contributed by atoms with E-state index in [1.54, 1.807) is 48.5 Å². The monoisotopic (exact) mass is 554 g/mol. The molecule has 202 valence electrons. The molecule has 0 bridgehead atoms. The van der Waals surface area contributed by atoms with Crippen LogP contribution >= 0.6 is 0 Å². The normalized spacial score (nSPS) is 12.8. The first-order valence-electron chi connectivity index (χ1n) is 12.5. The lowest BCUT2D eigenvalue weighted by Crippen LogP contribution is -2.28. The van der Waals surface area contributed by atoms with Gasteiger partial charge in [-0.3, -0.25) is 0 Å². The minimum absolute atomic E-state index is 0.0702. The Morgan fingerprint density at radius 2 is 1.16 bits per heavy atom. The van der Waals surface area contributed by atoms with Crippen molar-refractivity contribution < 1.29 is 16.8 Å². The summed E-state index contributed by atoms with van der Waals surface area (Å²) in [6.45, 7) is 5.84. The van der Waals surface area contributed by atoms with E-state index in [4.69, 9.17) is 0 Å². The fraction of sp³-hybridized carbons (Fsp3) is 0.286. The Morgan fingerprint density at radius 1 is 0.658 bits per heavy atom. The summed E-state index contributed by atoms with van der Waals surface area (Å²) < 4.78 is 51.8. The lowest BCUT2D eigenvalue weighted by atomic mass is 10.0. The Morgan fingerprint density at radius 3 is 1.66 bits per heavy atom. The van der Waals surface area contributed by atoms with Crippen LogP contribution < -0.4 is 9.66 Å². The van der Waals surface area contributed by atoms with Crippen LogP contribution in [0.1, 0.15) is 55.7 Å². The van der Waals surface area contributed by atoms with E-state index in [0.29, 0.717) is 17.7 Å². The van der Waals surface area contributed by atoms with Crippen LogP contribution in [0.3, 0.4) is 0 Å². The molecule has 0 saturated heterocycles. The number of aryl methyl sites for hydroxylation is 2. The molecule has 0 aliphatic carbocycles. The molecule has 0 unspecified atom stereocenters. The zero-order valence-electron chi connectivity index (χ0n) is 21.9. The molecule has 0 atom stereocenters. The summed E-state index contributed by atoms with van der Waals surface area (Å²) in [5.74, 6) is 0. The van der Waals surface area contributed by atoms with Crippen LogP contribution in [-0.2, 0) is 20.0 Å². The summed E-state index contributed by atoms with van der Waals surface area (Å²) >= 11 is 0. The first kappa shape index (κ1) is 29.1. The van der Waals surface area contributed by atoms with Gasteiger partial charge in [-0.2, -0.15) is 36.7 Å². The highest BCUT2D eigenvalue weighted by Crippen LogP contribution is 2.14. The maximum atomic E-state index is 13.0. The predicted molar refractivity (Wildman–Crippen MR) is 152 cm³/mol. The summed E-state index contributed by atoms with van der Waals surface area (Å²) in [4.78, 5) is 4.79. The van der Waals surface area contributed by atoms with Crippen LogP contribution in [0.15, 0.2) is 98.9 Å². The highest BCUT2D eigenvalue weighted by atomic mass is 32.2. The van der Waals surface area contributed by atoms with Crippen LogP contribution in [-0.4, -0.2) is 28.3 Å². The molecule has 3 aromatic rings. The van der Waals surface area contributed by atoms with Crippen molar-refractivity contribution in [1.29, 1.82) is 0 Å². The molecule has 3 aromatic carbocycles. The molecule has 8 nitrogen and oxygen atoms in total. The molecule has 0 aromatic heterocycles. The first-order chi connectivity index (χ1) is 18.1. The van der Waals surface area contributed by atoms with Crippen molar-refractivity contribution in [3.05, 3.63) is 95.6 Å². The van der Waals surface area contributed by atoms with Crippen molar-refractivity contribution >= 4 is 31.5 Å². The second-order valence-electron chi connectivity index (χ2n) is 9.01. The van der Waals surface area contributed by atoms with Crippen LogP contribution in [0.5, 0.6) is 0 Å². The Balaban J connectivity index is 2.01. The zero-order valence-corrected chi connectivity index (χ0v) is 23.5. The number of nitrogens with zero attached hydrogens (tertiary/aromatic N) is 2. The number of unbranched alkanes of at least 4 members (excludes halogenated alkanes) is 3. The lowest BCUT2D eigenvalue weighted by molar-refractivity contribution is 0.582. The molecule has 3 rings (SSSR count). The fourth-order valence-electron chi connectivity index (χ4n) is 3.60. The topological polar surface area (TPSA) is 117 Å². The maximum absolute atomic E-state index is 13.0. The van der Waals surface area contributed by atoms with Gasteiger partial charge < -0.3 is 0 Å². The van der Waals surface area contributed by atoms with Gasteiger partial charge in [0, 0.05) is 5.56 Å². The van der Waals surface area contributed by atoms with E-state index < -0.39 is 20.0 Å². The van der Waals surface area contributed by atoms with Gasteiger partial charge in [-0.05, 0) is 51.0 Å². The van der Waals surface area contributed by atoms with Crippen molar-refractivity contribution in [2.75, 3.05) is 0 Å². The minimum Gasteiger partial charge on any atom is -0.200 e. The summed E-state index contributed by atoms with van der Waals surface area (Å²) in [7, 11) is -7.91. The second-order valence-corrected chi connectivity index (χ2v) is 12.3. The van der Waals surface area contributed by atoms with Gasteiger partial charge in [0.2, 0.25) is 0 Å². The van der Waals surface area contributed by atoms with E-state index >= 15 is 0 Å². The molecule has 38 heavy (non-hydrogen) atoms. The molecular formula is C28H34N4O4S2. The molecular weight excluding hydrogens is 520 g/mol. The van der Waals surface area contributed by atoms with Crippen molar-refractivity contribution in [2.45, 2.75) is 62.7 Å². The van der Waals surface area contributed by atoms with E-state index in [2.05, 4.69) is 26.8 Å². The van der Waals surface area contributed by atoms with Gasteiger partial charge in [0.25, 0.3) is 20.0 Å². The van der Waals surface area contributed by atoms with E-state index in [0.717, 1.165) is 36.8 Å². The summed E-state index contributed by atoms with van der Waals surface area (Å²) in [5, 5.41) is 8.53. The highest BCUT2D eigenvalue weighted by molar-refractivity contribution is 7.89. The van der Waals surface area contributed by atoms with E-state index in [9.17, 15) is 16.8 Å². The van der Waals surface area contributed by atoms with E-state index in [1.807, 2.05) is 19.9 Å². The van der Waals surface area contributed by atoms with Gasteiger partial charge in [-0.25, -0.2) is 0 Å². The standard InChI is InChI=1S/C28H34N4O4S2/c1-4-5-6-10-13-27(29-31-37(33,34)25-18-14-22(2)15-19-25)28(24-11-8-7-9-12-24)30-32-38(35,36)26-20-16-23(3)17-21-26/h7-9,11-12,14-21,31-32H,4-6,10,13H2,1-3H3/b29-27-,30-28+. The summed E-state index contributed by atoms with van der Waals surface area (Å²) in [6.07, 6.45) is 4.09. The number of nitrogens with one attached hydrogen (secondary N) is 2. The van der Waals surface area contributed by atoms with Gasteiger partial charge in [0.05, 0.1) is 15.5 Å². The highest BCUT2D eigenvalue weighted by Gasteiger charge is 2.19. The average Bonchev–Trinajstić information content (AvgIpc) is 2.90. The fourth-order valence-corrected chi connectivity index (χ4v) is 5.24. The third-order valence-electron chi connectivity index (χ3n) is 5.83. The van der Waals surface area contributed by atoms with Gasteiger partial charge in [0.1, 0.15) is 5.71 Å². The molecule has 0 saturated carbocycles. The Kier molecular flexibility index (Phi) is 10.2. The molecule has 0 amide bonds. The van der Waals surface area contributed by atoms with E-state index in [1.165, 1.54) is 24.3 Å². The summed E-state index contributed by atoms with van der Waals surface area (Å²) in [6, 6.07) is 21.8. The van der Waals surface area contributed by atoms with Gasteiger partial charge in [-0.15, -0.1) is 0 Å². The Bertz CT molecular complexity index is 1470. The predicted octanol–water partition coefficient (Wildman–Crippen LogP) is 5.29. The minimum atomic E-state index is -3.96. The second kappa shape index (κ2) is 13.3. The molecule has 10 heteroatoms. The molecule has 0 fully saturated rings. The van der Waals surface area contributed by atoms with Crippen LogP contribution in [0.25, 0.3) is 0 Å². The van der Waals surface area contributed by atoms with Crippen molar-refractivity contribution in [2.24, 2.45) is 10.2 Å².